The fourth-order valence-corrected chi connectivity index (χ4v) is 3.18. The minimum atomic E-state index is -3.74. The number of hydrogen-bond acceptors (Lipinski definition) is 4. The van der Waals surface area contributed by atoms with Crippen LogP contribution in [0.3, 0.4) is 0 Å². The Labute approximate surface area is 140 Å². The molecule has 0 aliphatic heterocycles. The predicted molar refractivity (Wildman–Crippen MR) is 92.7 cm³/mol. The average molecular weight is 394 g/mol. The fourth-order valence-electron chi connectivity index (χ4n) is 2.02. The molecule has 0 saturated carbocycles. The molecule has 3 rings (SSSR count). The van der Waals surface area contributed by atoms with Gasteiger partial charge in [-0.05, 0) is 53.9 Å². The first-order valence-corrected chi connectivity index (χ1v) is 8.88. The maximum absolute atomic E-state index is 12.3. The minimum absolute atomic E-state index is 0.0988. The van der Waals surface area contributed by atoms with Crippen LogP contribution in [0.4, 0.5) is 5.69 Å². The summed E-state index contributed by atoms with van der Waals surface area (Å²) in [5.74, 6) is 0. The van der Waals surface area contributed by atoms with Crippen LogP contribution in [0.25, 0.3) is 10.9 Å². The van der Waals surface area contributed by atoms with E-state index in [1.807, 2.05) is 0 Å². The molecule has 0 atom stereocenters. The van der Waals surface area contributed by atoms with Gasteiger partial charge in [0.05, 0.1) is 4.90 Å². The van der Waals surface area contributed by atoms with Crippen molar-refractivity contribution in [1.29, 1.82) is 0 Å². The number of benzene rings is 2. The van der Waals surface area contributed by atoms with Crippen LogP contribution in [-0.4, -0.2) is 13.4 Å². The Hall–Kier alpha value is -2.16. The number of H-pyrrole nitrogens is 1. The largest absolute Gasteiger partial charge is 0.322 e. The van der Waals surface area contributed by atoms with Gasteiger partial charge < -0.3 is 10.4 Å². The third kappa shape index (κ3) is 3.61. The van der Waals surface area contributed by atoms with Crippen LogP contribution < -0.4 is 15.8 Å². The maximum Gasteiger partial charge on any atom is 0.257 e. The van der Waals surface area contributed by atoms with E-state index >= 15 is 0 Å². The molecular weight excluding hydrogens is 382 g/mol. The molecule has 0 aliphatic rings. The molecule has 0 fully saturated rings. The van der Waals surface area contributed by atoms with E-state index in [-0.39, 0.29) is 10.5 Å². The summed E-state index contributed by atoms with van der Waals surface area (Å²) in [5, 5.41) is 0.635. The highest BCUT2D eigenvalue weighted by molar-refractivity contribution is 9.10. The lowest BCUT2D eigenvalue weighted by atomic mass is 10.2. The molecule has 0 bridgehead atoms. The monoisotopic (exact) mass is 393 g/mol. The van der Waals surface area contributed by atoms with Crippen LogP contribution in [-0.2, 0) is 10.0 Å². The second-order valence-electron chi connectivity index (χ2n) is 4.81. The first kappa shape index (κ1) is 15.7. The number of hydrogen-bond donors (Lipinski definition) is 3. The molecule has 1 aromatic heterocycles. The van der Waals surface area contributed by atoms with Crippen LogP contribution in [0.5, 0.6) is 0 Å². The van der Waals surface area contributed by atoms with Crippen molar-refractivity contribution >= 4 is 42.5 Å². The molecule has 0 aliphatic carbocycles. The van der Waals surface area contributed by atoms with Gasteiger partial charge in [-0.25, -0.2) is 8.42 Å². The number of sulfonamides is 1. The van der Waals surface area contributed by atoms with Crippen molar-refractivity contribution in [2.24, 2.45) is 0 Å². The molecule has 3 aromatic rings. The summed E-state index contributed by atoms with van der Waals surface area (Å²) in [6.45, 7) is 0. The van der Waals surface area contributed by atoms with Gasteiger partial charge in [0.2, 0.25) is 5.56 Å². The topological polar surface area (TPSA) is 91.1 Å². The summed E-state index contributed by atoms with van der Waals surface area (Å²) in [4.78, 5) is 16.3. The number of aromatic nitrogens is 1. The molecule has 0 radical (unpaired) electrons. The van der Waals surface area contributed by atoms with Gasteiger partial charge in [-0.15, -0.1) is 4.83 Å². The molecule has 3 N–H and O–H groups in total. The van der Waals surface area contributed by atoms with Crippen molar-refractivity contribution in [3.8, 4) is 0 Å². The summed E-state index contributed by atoms with van der Waals surface area (Å²) >= 11 is 3.31. The first-order valence-electron chi connectivity index (χ1n) is 6.60. The Morgan fingerprint density at radius 2 is 1.70 bits per heavy atom. The lowest BCUT2D eigenvalue weighted by molar-refractivity contribution is 0.588. The van der Waals surface area contributed by atoms with Gasteiger partial charge >= 0.3 is 0 Å². The Balaban J connectivity index is 1.85. The lowest BCUT2D eigenvalue weighted by Gasteiger charge is -2.10. The van der Waals surface area contributed by atoms with Crippen LogP contribution in [0.15, 0.2) is 68.8 Å². The highest BCUT2D eigenvalue weighted by Crippen LogP contribution is 2.17. The second kappa shape index (κ2) is 6.15. The summed E-state index contributed by atoms with van der Waals surface area (Å²) < 4.78 is 25.6. The number of hydrazine groups is 1. The van der Waals surface area contributed by atoms with E-state index < -0.39 is 10.0 Å². The Morgan fingerprint density at radius 1 is 0.957 bits per heavy atom. The lowest BCUT2D eigenvalue weighted by Crippen LogP contribution is -2.29. The number of pyridine rings is 1. The zero-order valence-corrected chi connectivity index (χ0v) is 14.1. The normalized spacial score (nSPS) is 11.5. The van der Waals surface area contributed by atoms with Gasteiger partial charge in [0, 0.05) is 21.7 Å². The van der Waals surface area contributed by atoms with Crippen LogP contribution in [0.2, 0.25) is 0 Å². The summed E-state index contributed by atoms with van der Waals surface area (Å²) in [6.07, 6.45) is 0. The zero-order valence-electron chi connectivity index (χ0n) is 11.7. The smallest absolute Gasteiger partial charge is 0.257 e. The zero-order chi connectivity index (χ0) is 16.4. The summed E-state index contributed by atoms with van der Waals surface area (Å²) in [6, 6.07) is 14.5. The Morgan fingerprint density at radius 3 is 2.43 bits per heavy atom. The summed E-state index contributed by atoms with van der Waals surface area (Å²) in [5.41, 5.74) is 3.61. The molecule has 0 spiro atoms. The average Bonchev–Trinajstić information content (AvgIpc) is 2.54. The number of rotatable bonds is 4. The first-order chi connectivity index (χ1) is 10.9. The Bertz CT molecular complexity index is 1010. The van der Waals surface area contributed by atoms with Crippen molar-refractivity contribution in [3.05, 3.63) is 69.4 Å². The molecule has 2 aromatic carbocycles. The molecule has 118 valence electrons. The van der Waals surface area contributed by atoms with E-state index in [9.17, 15) is 13.2 Å². The molecule has 0 amide bonds. The minimum Gasteiger partial charge on any atom is -0.322 e. The van der Waals surface area contributed by atoms with Crippen LogP contribution in [0, 0.1) is 0 Å². The third-order valence-electron chi connectivity index (χ3n) is 3.18. The molecule has 6 nitrogen and oxygen atoms in total. The maximum atomic E-state index is 12.3. The number of fused-ring (bicyclic) bond motifs is 1. The molecular formula is C15H12BrN3O3S. The van der Waals surface area contributed by atoms with Gasteiger partial charge in [-0.3, -0.25) is 4.79 Å². The second-order valence-corrected chi connectivity index (χ2v) is 7.41. The van der Waals surface area contributed by atoms with Gasteiger partial charge in [0.15, 0.2) is 0 Å². The van der Waals surface area contributed by atoms with Crippen molar-refractivity contribution < 1.29 is 8.42 Å². The van der Waals surface area contributed by atoms with Gasteiger partial charge in [0.25, 0.3) is 10.0 Å². The van der Waals surface area contributed by atoms with E-state index in [4.69, 9.17) is 0 Å². The SMILES string of the molecule is O=c1ccc2cc(S(=O)(=O)NNc3ccc(Br)cc3)ccc2[nH]1. The molecule has 0 unspecified atom stereocenters. The fraction of sp³-hybridized carbons (Fsp3) is 0. The van der Waals surface area contributed by atoms with Crippen molar-refractivity contribution in [2.75, 3.05) is 5.43 Å². The van der Waals surface area contributed by atoms with E-state index in [0.717, 1.165) is 4.47 Å². The van der Waals surface area contributed by atoms with Crippen LogP contribution >= 0.6 is 15.9 Å². The molecule has 1 heterocycles. The van der Waals surface area contributed by atoms with Crippen molar-refractivity contribution in [3.63, 3.8) is 0 Å². The van der Waals surface area contributed by atoms with E-state index in [2.05, 4.69) is 31.2 Å². The van der Waals surface area contributed by atoms with E-state index in [1.165, 1.54) is 18.2 Å². The number of anilines is 1. The number of halogens is 1. The highest BCUT2D eigenvalue weighted by atomic mass is 79.9. The van der Waals surface area contributed by atoms with Gasteiger partial charge in [-0.2, -0.15) is 0 Å². The Kier molecular flexibility index (Phi) is 4.20. The quantitative estimate of drug-likeness (QED) is 0.594. The molecule has 8 heteroatoms. The number of nitrogens with one attached hydrogen (secondary N) is 3. The standard InChI is InChI=1S/C15H12BrN3O3S/c16-11-2-4-12(5-3-11)18-19-23(21,22)13-6-7-14-10(9-13)1-8-15(20)17-14/h1-9,18-19H,(H,17,20). The summed E-state index contributed by atoms with van der Waals surface area (Å²) in [7, 11) is -3.74. The molecule has 0 saturated heterocycles. The van der Waals surface area contributed by atoms with Crippen molar-refractivity contribution in [2.45, 2.75) is 4.90 Å². The van der Waals surface area contributed by atoms with Gasteiger partial charge in [-0.1, -0.05) is 15.9 Å². The number of aromatic amines is 1. The third-order valence-corrected chi connectivity index (χ3v) is 4.95. The highest BCUT2D eigenvalue weighted by Gasteiger charge is 2.14. The predicted octanol–water partition coefficient (Wildman–Crippen LogP) is 2.60. The van der Waals surface area contributed by atoms with Crippen molar-refractivity contribution in [1.82, 2.24) is 9.82 Å². The van der Waals surface area contributed by atoms with E-state index in [1.54, 1.807) is 36.4 Å². The van der Waals surface area contributed by atoms with Crippen LogP contribution in [0.1, 0.15) is 0 Å². The molecule has 23 heavy (non-hydrogen) atoms. The van der Waals surface area contributed by atoms with Gasteiger partial charge in [0.1, 0.15) is 0 Å². The van der Waals surface area contributed by atoms with E-state index in [0.29, 0.717) is 16.6 Å².